The van der Waals surface area contributed by atoms with Gasteiger partial charge in [-0.2, -0.15) is 4.31 Å². The highest BCUT2D eigenvalue weighted by molar-refractivity contribution is 7.89. The predicted octanol–water partition coefficient (Wildman–Crippen LogP) is -0.232. The van der Waals surface area contributed by atoms with Gasteiger partial charge in [0.15, 0.2) is 0 Å². The zero-order valence-corrected chi connectivity index (χ0v) is 11.2. The first kappa shape index (κ1) is 16.2. The monoisotopic (exact) mass is 280 g/mol. The van der Waals surface area contributed by atoms with E-state index >= 15 is 0 Å². The molecule has 2 N–H and O–H groups in total. The number of amides is 2. The maximum absolute atomic E-state index is 11.4. The highest BCUT2D eigenvalue weighted by Crippen LogP contribution is 2.11. The number of nitrogens with zero attached hydrogens (tertiary/aromatic N) is 1. The first-order valence-electron chi connectivity index (χ1n) is 5.05. The molecule has 9 heteroatoms. The molecule has 0 aliphatic rings. The van der Waals surface area contributed by atoms with Gasteiger partial charge in [0, 0.05) is 0 Å². The lowest BCUT2D eigenvalue weighted by Gasteiger charge is -2.20. The number of primary amides is 1. The largest absolute Gasteiger partial charge is 0.478 e. The van der Waals surface area contributed by atoms with Gasteiger partial charge in [-0.25, -0.2) is 18.0 Å². The van der Waals surface area contributed by atoms with E-state index in [9.17, 15) is 18.0 Å². The molecular weight excluding hydrogens is 264 g/mol. The van der Waals surface area contributed by atoms with Gasteiger partial charge in [0.05, 0.1) is 25.5 Å². The summed E-state index contributed by atoms with van der Waals surface area (Å²) in [5.74, 6) is -1.33. The van der Waals surface area contributed by atoms with Gasteiger partial charge in [0.25, 0.3) is 0 Å². The molecule has 0 fully saturated rings. The van der Waals surface area contributed by atoms with E-state index in [4.69, 9.17) is 10.5 Å². The van der Waals surface area contributed by atoms with Gasteiger partial charge in [-0.3, -0.25) is 0 Å². The smallest absolute Gasteiger partial charge is 0.336 e. The van der Waals surface area contributed by atoms with E-state index < -0.39 is 27.9 Å². The van der Waals surface area contributed by atoms with Gasteiger partial charge in [-0.15, -0.1) is 0 Å². The standard InChI is InChI=1S/C9H16N2O6S/c1-4-16-7(6-8(12)17-5-2)11(9(10)13)18(3,14)15/h6H,4-5H2,1-3H3,(H2,10,13). The van der Waals surface area contributed by atoms with Crippen LogP contribution < -0.4 is 5.73 Å². The summed E-state index contributed by atoms with van der Waals surface area (Å²) in [7, 11) is -3.99. The molecule has 0 heterocycles. The van der Waals surface area contributed by atoms with Crippen LogP contribution in [0.25, 0.3) is 0 Å². The molecule has 0 spiro atoms. The van der Waals surface area contributed by atoms with Crippen LogP contribution in [-0.2, 0) is 24.3 Å². The summed E-state index contributed by atoms with van der Waals surface area (Å²) in [5.41, 5.74) is 4.94. The molecule has 0 aliphatic heterocycles. The maximum atomic E-state index is 11.4. The molecule has 0 saturated heterocycles. The van der Waals surface area contributed by atoms with E-state index in [-0.39, 0.29) is 17.5 Å². The van der Waals surface area contributed by atoms with Crippen LogP contribution in [-0.4, -0.2) is 44.2 Å². The third-order valence-corrected chi connectivity index (χ3v) is 2.58. The average molecular weight is 280 g/mol. The molecule has 0 bridgehead atoms. The number of sulfonamides is 1. The van der Waals surface area contributed by atoms with Gasteiger partial charge in [0.1, 0.15) is 0 Å². The zero-order chi connectivity index (χ0) is 14.3. The van der Waals surface area contributed by atoms with Crippen LogP contribution >= 0.6 is 0 Å². The van der Waals surface area contributed by atoms with Crippen LogP contribution in [0.1, 0.15) is 13.8 Å². The normalized spacial score (nSPS) is 11.8. The summed E-state index contributed by atoms with van der Waals surface area (Å²) in [6, 6.07) is -1.28. The Labute approximate surface area is 105 Å². The summed E-state index contributed by atoms with van der Waals surface area (Å²) in [6.45, 7) is 3.28. The lowest BCUT2D eigenvalue weighted by atomic mass is 10.5. The van der Waals surface area contributed by atoms with Crippen molar-refractivity contribution in [2.45, 2.75) is 13.8 Å². The number of rotatable bonds is 6. The molecule has 0 atom stereocenters. The summed E-state index contributed by atoms with van der Waals surface area (Å²) in [6.07, 6.45) is 1.51. The molecular formula is C9H16N2O6S. The summed E-state index contributed by atoms with van der Waals surface area (Å²) < 4.78 is 32.5. The van der Waals surface area contributed by atoms with Crippen molar-refractivity contribution in [2.24, 2.45) is 5.73 Å². The number of urea groups is 1. The average Bonchev–Trinajstić information content (AvgIpc) is 2.14. The molecule has 0 aromatic carbocycles. The van der Waals surface area contributed by atoms with Gasteiger partial charge < -0.3 is 15.2 Å². The van der Waals surface area contributed by atoms with Gasteiger partial charge >= 0.3 is 12.0 Å². The van der Waals surface area contributed by atoms with Crippen molar-refractivity contribution in [2.75, 3.05) is 19.5 Å². The molecule has 0 aromatic heterocycles. The number of carbonyl (C=O) groups excluding carboxylic acids is 2. The summed E-state index contributed by atoms with van der Waals surface area (Å²) in [5, 5.41) is 0. The summed E-state index contributed by atoms with van der Waals surface area (Å²) >= 11 is 0. The molecule has 0 aliphatic carbocycles. The van der Waals surface area contributed by atoms with E-state index in [2.05, 4.69) is 4.74 Å². The number of ether oxygens (including phenoxy) is 2. The first-order valence-corrected chi connectivity index (χ1v) is 6.89. The molecule has 0 rings (SSSR count). The van der Waals surface area contributed by atoms with E-state index in [1.807, 2.05) is 0 Å². The molecule has 0 saturated carbocycles. The number of esters is 1. The minimum absolute atomic E-state index is 0.0462. The fourth-order valence-corrected chi connectivity index (χ4v) is 1.79. The van der Waals surface area contributed by atoms with Crippen LogP contribution in [0, 0.1) is 0 Å². The zero-order valence-electron chi connectivity index (χ0n) is 10.4. The van der Waals surface area contributed by atoms with E-state index in [0.717, 1.165) is 12.3 Å². The molecule has 2 amide bonds. The second kappa shape index (κ2) is 6.84. The lowest BCUT2D eigenvalue weighted by Crippen LogP contribution is -2.40. The fraction of sp³-hybridized carbons (Fsp3) is 0.556. The molecule has 0 aromatic rings. The van der Waals surface area contributed by atoms with Crippen LogP contribution in [0.15, 0.2) is 12.0 Å². The van der Waals surface area contributed by atoms with Crippen molar-refractivity contribution in [1.29, 1.82) is 0 Å². The van der Waals surface area contributed by atoms with Gasteiger partial charge in [-0.05, 0) is 13.8 Å². The van der Waals surface area contributed by atoms with Gasteiger partial charge in [-0.1, -0.05) is 0 Å². The molecule has 8 nitrogen and oxygen atoms in total. The van der Waals surface area contributed by atoms with Gasteiger partial charge in [0.2, 0.25) is 15.9 Å². The topological polar surface area (TPSA) is 116 Å². The first-order chi connectivity index (χ1) is 8.23. The molecule has 104 valence electrons. The second-order valence-corrected chi connectivity index (χ2v) is 4.86. The Morgan fingerprint density at radius 2 is 1.72 bits per heavy atom. The Morgan fingerprint density at radius 1 is 1.22 bits per heavy atom. The van der Waals surface area contributed by atoms with Crippen LogP contribution in [0.4, 0.5) is 4.79 Å². The fourth-order valence-electron chi connectivity index (χ4n) is 1.03. The van der Waals surface area contributed by atoms with Crippen molar-refractivity contribution in [3.8, 4) is 0 Å². The Hall–Kier alpha value is -1.77. The Kier molecular flexibility index (Phi) is 6.17. The van der Waals surface area contributed by atoms with Crippen LogP contribution in [0.5, 0.6) is 0 Å². The number of hydrogen-bond donors (Lipinski definition) is 1. The molecule has 0 radical (unpaired) electrons. The Bertz CT molecular complexity index is 442. The van der Waals surface area contributed by atoms with Crippen LogP contribution in [0.3, 0.4) is 0 Å². The third kappa shape index (κ3) is 5.04. The Balaban J connectivity index is 5.43. The minimum atomic E-state index is -3.99. The van der Waals surface area contributed by atoms with Crippen molar-refractivity contribution in [1.82, 2.24) is 4.31 Å². The van der Waals surface area contributed by atoms with Crippen molar-refractivity contribution in [3.63, 3.8) is 0 Å². The van der Waals surface area contributed by atoms with Crippen molar-refractivity contribution in [3.05, 3.63) is 12.0 Å². The highest BCUT2D eigenvalue weighted by Gasteiger charge is 2.27. The number of carbonyl (C=O) groups is 2. The van der Waals surface area contributed by atoms with Crippen molar-refractivity contribution < 1.29 is 27.5 Å². The van der Waals surface area contributed by atoms with Crippen LogP contribution in [0.2, 0.25) is 0 Å². The minimum Gasteiger partial charge on any atom is -0.478 e. The third-order valence-electron chi connectivity index (χ3n) is 1.55. The van der Waals surface area contributed by atoms with E-state index in [1.165, 1.54) is 0 Å². The SMILES string of the molecule is CCOC(=O)C=C(OCC)N(C(N)=O)S(C)(=O)=O. The maximum Gasteiger partial charge on any atom is 0.336 e. The number of hydrogen-bond acceptors (Lipinski definition) is 6. The quantitative estimate of drug-likeness (QED) is 0.408. The molecule has 18 heavy (non-hydrogen) atoms. The van der Waals surface area contributed by atoms with E-state index in [1.54, 1.807) is 13.8 Å². The predicted molar refractivity (Wildman–Crippen MR) is 62.6 cm³/mol. The highest BCUT2D eigenvalue weighted by atomic mass is 32.2. The second-order valence-electron chi connectivity index (χ2n) is 3.03. The summed E-state index contributed by atoms with van der Waals surface area (Å²) in [4.78, 5) is 22.3. The van der Waals surface area contributed by atoms with Crippen molar-refractivity contribution >= 4 is 22.0 Å². The molecule has 0 unspecified atom stereocenters. The lowest BCUT2D eigenvalue weighted by molar-refractivity contribution is -0.137. The Morgan fingerprint density at radius 3 is 2.06 bits per heavy atom. The number of nitrogens with two attached hydrogens (primary N) is 1. The van der Waals surface area contributed by atoms with E-state index in [0.29, 0.717) is 0 Å².